The van der Waals surface area contributed by atoms with E-state index >= 15 is 0 Å². The van der Waals surface area contributed by atoms with Crippen LogP contribution in [0.1, 0.15) is 39.0 Å². The highest BCUT2D eigenvalue weighted by Crippen LogP contribution is 2.26. The molecule has 1 aliphatic carbocycles. The van der Waals surface area contributed by atoms with Crippen molar-refractivity contribution in [1.29, 1.82) is 0 Å². The fourth-order valence-electron chi connectivity index (χ4n) is 3.51. The number of rotatable bonds is 3. The zero-order chi connectivity index (χ0) is 12.3. The molecule has 0 aromatic carbocycles. The van der Waals surface area contributed by atoms with Crippen LogP contribution in [0.2, 0.25) is 0 Å². The second-order valence-corrected chi connectivity index (χ2v) is 6.03. The van der Waals surface area contributed by atoms with E-state index in [4.69, 9.17) is 5.73 Å². The lowest BCUT2D eigenvalue weighted by molar-refractivity contribution is 0.154. The van der Waals surface area contributed by atoms with Crippen LogP contribution in [-0.4, -0.2) is 55.1 Å². The van der Waals surface area contributed by atoms with E-state index in [1.165, 1.54) is 58.3 Å². The lowest BCUT2D eigenvalue weighted by Crippen LogP contribution is -2.44. The van der Waals surface area contributed by atoms with Crippen molar-refractivity contribution in [2.45, 2.75) is 51.1 Å². The molecule has 1 heterocycles. The molecule has 3 nitrogen and oxygen atoms in total. The Bertz CT molecular complexity index is 232. The van der Waals surface area contributed by atoms with Gasteiger partial charge in [-0.25, -0.2) is 0 Å². The predicted octanol–water partition coefficient (Wildman–Crippen LogP) is 1.53. The standard InChI is InChI=1S/C14H29N3/c1-3-13-11-16(2)8-5-9-17(13)10-12-6-4-7-14(12)15/h12-14H,3-11,15H2,1-2H3. The first kappa shape index (κ1) is 13.3. The van der Waals surface area contributed by atoms with Crippen LogP contribution < -0.4 is 5.73 Å². The van der Waals surface area contributed by atoms with Crippen molar-refractivity contribution >= 4 is 0 Å². The molecule has 17 heavy (non-hydrogen) atoms. The first-order valence-corrected chi connectivity index (χ1v) is 7.39. The number of hydrogen-bond acceptors (Lipinski definition) is 3. The van der Waals surface area contributed by atoms with Crippen LogP contribution in [0.5, 0.6) is 0 Å². The summed E-state index contributed by atoms with van der Waals surface area (Å²) in [6, 6.07) is 1.21. The van der Waals surface area contributed by atoms with E-state index in [0.29, 0.717) is 6.04 Å². The summed E-state index contributed by atoms with van der Waals surface area (Å²) in [5.41, 5.74) is 6.21. The summed E-state index contributed by atoms with van der Waals surface area (Å²) < 4.78 is 0. The molecule has 0 bridgehead atoms. The highest BCUT2D eigenvalue weighted by Gasteiger charge is 2.29. The maximum atomic E-state index is 6.21. The normalized spacial score (nSPS) is 37.2. The number of nitrogens with zero attached hydrogens (tertiary/aromatic N) is 2. The molecule has 0 aromatic rings. The molecule has 100 valence electrons. The van der Waals surface area contributed by atoms with Crippen LogP contribution in [0, 0.1) is 5.92 Å². The zero-order valence-electron chi connectivity index (χ0n) is 11.6. The number of nitrogens with two attached hydrogens (primary N) is 1. The number of hydrogen-bond donors (Lipinski definition) is 1. The smallest absolute Gasteiger partial charge is 0.0220 e. The van der Waals surface area contributed by atoms with E-state index in [1.807, 2.05) is 0 Å². The van der Waals surface area contributed by atoms with Gasteiger partial charge in [-0.05, 0) is 51.7 Å². The van der Waals surface area contributed by atoms with E-state index in [-0.39, 0.29) is 0 Å². The fourth-order valence-corrected chi connectivity index (χ4v) is 3.51. The average molecular weight is 239 g/mol. The lowest BCUT2D eigenvalue weighted by Gasteiger charge is -2.33. The molecule has 3 atom stereocenters. The molecule has 1 saturated carbocycles. The van der Waals surface area contributed by atoms with Gasteiger partial charge in [0.25, 0.3) is 0 Å². The third-order valence-electron chi connectivity index (χ3n) is 4.68. The summed E-state index contributed by atoms with van der Waals surface area (Å²) in [7, 11) is 2.26. The van der Waals surface area contributed by atoms with Gasteiger partial charge in [0.15, 0.2) is 0 Å². The Kier molecular flexibility index (Phi) is 4.83. The fraction of sp³-hybridized carbons (Fsp3) is 1.00. The van der Waals surface area contributed by atoms with Crippen molar-refractivity contribution in [3.05, 3.63) is 0 Å². The molecule has 2 N–H and O–H groups in total. The molecule has 0 amide bonds. The number of likely N-dealkylation sites (N-methyl/N-ethyl adjacent to an activating group) is 1. The second-order valence-electron chi connectivity index (χ2n) is 6.03. The van der Waals surface area contributed by atoms with Gasteiger partial charge in [-0.15, -0.1) is 0 Å². The van der Waals surface area contributed by atoms with Gasteiger partial charge in [-0.3, -0.25) is 4.90 Å². The minimum Gasteiger partial charge on any atom is -0.327 e. The van der Waals surface area contributed by atoms with Crippen molar-refractivity contribution in [3.8, 4) is 0 Å². The van der Waals surface area contributed by atoms with E-state index in [1.54, 1.807) is 0 Å². The molecule has 1 aliphatic heterocycles. The van der Waals surface area contributed by atoms with Gasteiger partial charge in [0.05, 0.1) is 0 Å². The van der Waals surface area contributed by atoms with E-state index < -0.39 is 0 Å². The Morgan fingerprint density at radius 1 is 1.18 bits per heavy atom. The summed E-state index contributed by atoms with van der Waals surface area (Å²) in [5.74, 6) is 0.757. The highest BCUT2D eigenvalue weighted by molar-refractivity contribution is 4.86. The Balaban J connectivity index is 1.92. The van der Waals surface area contributed by atoms with Crippen molar-refractivity contribution in [3.63, 3.8) is 0 Å². The topological polar surface area (TPSA) is 32.5 Å². The highest BCUT2D eigenvalue weighted by atomic mass is 15.2. The van der Waals surface area contributed by atoms with E-state index in [0.717, 1.165) is 12.0 Å². The Labute approximate surface area is 106 Å². The molecule has 0 radical (unpaired) electrons. The van der Waals surface area contributed by atoms with Crippen LogP contribution in [0.4, 0.5) is 0 Å². The molecule has 2 aliphatic rings. The van der Waals surface area contributed by atoms with Gasteiger partial charge in [0.2, 0.25) is 0 Å². The van der Waals surface area contributed by atoms with Gasteiger partial charge < -0.3 is 10.6 Å². The SMILES string of the molecule is CCC1CN(C)CCCN1CC1CCCC1N. The third-order valence-corrected chi connectivity index (χ3v) is 4.68. The molecular formula is C14H29N3. The van der Waals surface area contributed by atoms with Crippen molar-refractivity contribution in [1.82, 2.24) is 9.80 Å². The Morgan fingerprint density at radius 2 is 2.00 bits per heavy atom. The molecule has 0 aromatic heterocycles. The summed E-state index contributed by atoms with van der Waals surface area (Å²) in [6.07, 6.45) is 6.52. The predicted molar refractivity (Wildman–Crippen MR) is 73.1 cm³/mol. The Hall–Kier alpha value is -0.120. The summed E-state index contributed by atoms with van der Waals surface area (Å²) in [5, 5.41) is 0. The quantitative estimate of drug-likeness (QED) is 0.811. The largest absolute Gasteiger partial charge is 0.327 e. The minimum absolute atomic E-state index is 0.466. The van der Waals surface area contributed by atoms with E-state index in [9.17, 15) is 0 Å². The maximum Gasteiger partial charge on any atom is 0.0220 e. The van der Waals surface area contributed by atoms with Crippen LogP contribution in [0.15, 0.2) is 0 Å². The van der Waals surface area contributed by atoms with Crippen molar-refractivity contribution in [2.75, 3.05) is 33.2 Å². The summed E-state index contributed by atoms with van der Waals surface area (Å²) in [4.78, 5) is 5.21. The van der Waals surface area contributed by atoms with Crippen LogP contribution in [0.3, 0.4) is 0 Å². The second kappa shape index (κ2) is 6.17. The molecule has 2 rings (SSSR count). The van der Waals surface area contributed by atoms with Crippen molar-refractivity contribution < 1.29 is 0 Å². The Morgan fingerprint density at radius 3 is 2.65 bits per heavy atom. The average Bonchev–Trinajstić information content (AvgIpc) is 2.61. The van der Waals surface area contributed by atoms with Gasteiger partial charge in [0.1, 0.15) is 0 Å². The van der Waals surface area contributed by atoms with Gasteiger partial charge in [0, 0.05) is 25.2 Å². The van der Waals surface area contributed by atoms with Crippen LogP contribution in [-0.2, 0) is 0 Å². The third kappa shape index (κ3) is 3.43. The van der Waals surface area contributed by atoms with Crippen LogP contribution >= 0.6 is 0 Å². The van der Waals surface area contributed by atoms with Gasteiger partial charge in [-0.2, -0.15) is 0 Å². The first-order valence-electron chi connectivity index (χ1n) is 7.39. The van der Waals surface area contributed by atoms with Gasteiger partial charge >= 0.3 is 0 Å². The van der Waals surface area contributed by atoms with Gasteiger partial charge in [-0.1, -0.05) is 13.3 Å². The summed E-state index contributed by atoms with van der Waals surface area (Å²) in [6.45, 7) is 7.33. The first-order chi connectivity index (χ1) is 8.20. The van der Waals surface area contributed by atoms with E-state index in [2.05, 4.69) is 23.8 Å². The molecule has 1 saturated heterocycles. The lowest BCUT2D eigenvalue weighted by atomic mass is 10.0. The molecule has 0 spiro atoms. The molecule has 3 unspecified atom stereocenters. The molecule has 3 heteroatoms. The zero-order valence-corrected chi connectivity index (χ0v) is 11.6. The van der Waals surface area contributed by atoms with Crippen LogP contribution in [0.25, 0.3) is 0 Å². The minimum atomic E-state index is 0.466. The summed E-state index contributed by atoms with van der Waals surface area (Å²) >= 11 is 0. The van der Waals surface area contributed by atoms with Crippen molar-refractivity contribution in [2.24, 2.45) is 11.7 Å². The maximum absolute atomic E-state index is 6.21. The monoisotopic (exact) mass is 239 g/mol. The molecule has 2 fully saturated rings. The molecular weight excluding hydrogens is 210 g/mol.